The van der Waals surface area contributed by atoms with Gasteiger partial charge in [-0.2, -0.15) is 0 Å². The van der Waals surface area contributed by atoms with Crippen LogP contribution in [0.2, 0.25) is 0 Å². The van der Waals surface area contributed by atoms with Gasteiger partial charge in [-0.25, -0.2) is 15.0 Å². The lowest BCUT2D eigenvalue weighted by Crippen LogP contribution is -2.30. The van der Waals surface area contributed by atoms with Crippen LogP contribution in [0.15, 0.2) is 10.7 Å². The molecule has 130 valence electrons. The van der Waals surface area contributed by atoms with Crippen molar-refractivity contribution >= 4 is 28.0 Å². The second-order valence-corrected chi connectivity index (χ2v) is 7.67. The minimum atomic E-state index is 0.414. The number of furan rings is 1. The van der Waals surface area contributed by atoms with Gasteiger partial charge in [0.15, 0.2) is 11.4 Å². The van der Waals surface area contributed by atoms with Crippen molar-refractivity contribution in [1.82, 2.24) is 15.0 Å². The fourth-order valence-electron chi connectivity index (χ4n) is 4.52. The molecule has 1 fully saturated rings. The van der Waals surface area contributed by atoms with Crippen molar-refractivity contribution in [3.63, 3.8) is 0 Å². The van der Waals surface area contributed by atoms with Crippen molar-refractivity contribution in [1.29, 1.82) is 0 Å². The van der Waals surface area contributed by atoms with E-state index in [-0.39, 0.29) is 0 Å². The summed E-state index contributed by atoms with van der Waals surface area (Å²) in [6.45, 7) is 6.53. The standard InChI is InChI=1S/C20H24N4O/c1-12(2)16-14-8-6-7-13(14)15-17-18(25-20(15)23-16)19(22-11-21-17)24-9-4-3-5-10-24/h11-12H,3-10H2,1-2H3. The Bertz CT molecular complexity index is 953. The number of anilines is 1. The number of hydrogen-bond acceptors (Lipinski definition) is 5. The highest BCUT2D eigenvalue weighted by atomic mass is 16.3. The van der Waals surface area contributed by atoms with Crippen LogP contribution in [-0.2, 0) is 12.8 Å². The molecule has 0 saturated carbocycles. The van der Waals surface area contributed by atoms with Crippen LogP contribution in [0.3, 0.4) is 0 Å². The number of aromatic nitrogens is 3. The van der Waals surface area contributed by atoms with E-state index in [0.29, 0.717) is 5.92 Å². The number of pyridine rings is 1. The Balaban J connectivity index is 1.79. The van der Waals surface area contributed by atoms with E-state index in [9.17, 15) is 0 Å². The Morgan fingerprint density at radius 3 is 2.60 bits per heavy atom. The largest absolute Gasteiger partial charge is 0.432 e. The molecule has 2 aliphatic rings. The maximum absolute atomic E-state index is 6.28. The molecule has 1 aliphatic carbocycles. The van der Waals surface area contributed by atoms with E-state index < -0.39 is 0 Å². The van der Waals surface area contributed by atoms with E-state index in [4.69, 9.17) is 9.40 Å². The Morgan fingerprint density at radius 2 is 1.80 bits per heavy atom. The first-order chi connectivity index (χ1) is 12.2. The van der Waals surface area contributed by atoms with E-state index in [0.717, 1.165) is 53.9 Å². The Hall–Kier alpha value is -2.17. The molecule has 0 radical (unpaired) electrons. The van der Waals surface area contributed by atoms with Gasteiger partial charge in [-0.3, -0.25) is 0 Å². The molecule has 3 aromatic rings. The zero-order valence-corrected chi connectivity index (χ0v) is 15.0. The molecule has 0 amide bonds. The van der Waals surface area contributed by atoms with Crippen LogP contribution < -0.4 is 4.90 Å². The van der Waals surface area contributed by atoms with Crippen molar-refractivity contribution < 1.29 is 4.42 Å². The van der Waals surface area contributed by atoms with Gasteiger partial charge in [0.25, 0.3) is 0 Å². The predicted octanol–water partition coefficient (Wildman–Crippen LogP) is 4.37. The van der Waals surface area contributed by atoms with Crippen LogP contribution in [0.5, 0.6) is 0 Å². The van der Waals surface area contributed by atoms with Gasteiger partial charge in [-0.1, -0.05) is 13.8 Å². The highest BCUT2D eigenvalue weighted by Crippen LogP contribution is 2.40. The lowest BCUT2D eigenvalue weighted by molar-refractivity contribution is 0.568. The summed E-state index contributed by atoms with van der Waals surface area (Å²) in [7, 11) is 0. The SMILES string of the molecule is CC(C)c1nc2oc3c(N4CCCCC4)ncnc3c2c2c1CCC2. The van der Waals surface area contributed by atoms with Gasteiger partial charge >= 0.3 is 0 Å². The van der Waals surface area contributed by atoms with Gasteiger partial charge in [0.2, 0.25) is 5.71 Å². The van der Waals surface area contributed by atoms with Gasteiger partial charge in [-0.15, -0.1) is 0 Å². The normalized spacial score (nSPS) is 17.8. The van der Waals surface area contributed by atoms with E-state index in [2.05, 4.69) is 28.7 Å². The van der Waals surface area contributed by atoms with Gasteiger partial charge in [0.05, 0.1) is 11.1 Å². The summed E-state index contributed by atoms with van der Waals surface area (Å²) in [6.07, 6.45) is 8.87. The highest BCUT2D eigenvalue weighted by Gasteiger charge is 2.27. The lowest BCUT2D eigenvalue weighted by Gasteiger charge is -2.27. The summed E-state index contributed by atoms with van der Waals surface area (Å²) >= 11 is 0. The summed E-state index contributed by atoms with van der Waals surface area (Å²) in [5, 5.41) is 1.13. The smallest absolute Gasteiger partial charge is 0.229 e. The van der Waals surface area contributed by atoms with Crippen LogP contribution in [0.4, 0.5) is 5.82 Å². The Kier molecular flexibility index (Phi) is 3.43. The minimum Gasteiger partial charge on any atom is -0.432 e. The molecule has 0 N–H and O–H groups in total. The first kappa shape index (κ1) is 15.1. The fraction of sp³-hybridized carbons (Fsp3) is 0.550. The molecular weight excluding hydrogens is 312 g/mol. The molecule has 1 aliphatic heterocycles. The Labute approximate surface area is 147 Å². The highest BCUT2D eigenvalue weighted by molar-refractivity contribution is 6.06. The van der Waals surface area contributed by atoms with Gasteiger partial charge < -0.3 is 9.32 Å². The molecule has 5 rings (SSSR count). The molecule has 0 bridgehead atoms. The number of piperidine rings is 1. The molecule has 5 nitrogen and oxygen atoms in total. The van der Waals surface area contributed by atoms with Gasteiger partial charge in [0.1, 0.15) is 11.8 Å². The number of aryl methyl sites for hydroxylation is 1. The third kappa shape index (κ3) is 2.25. The van der Waals surface area contributed by atoms with Crippen molar-refractivity contribution in [3.05, 3.63) is 23.1 Å². The maximum atomic E-state index is 6.28. The fourth-order valence-corrected chi connectivity index (χ4v) is 4.52. The molecule has 5 heteroatoms. The third-order valence-corrected chi connectivity index (χ3v) is 5.69. The topological polar surface area (TPSA) is 55.1 Å². The number of hydrogen-bond donors (Lipinski definition) is 0. The molecular formula is C20H24N4O. The number of fused-ring (bicyclic) bond motifs is 5. The average Bonchev–Trinajstić information content (AvgIpc) is 3.25. The van der Waals surface area contributed by atoms with E-state index in [1.54, 1.807) is 6.33 Å². The summed E-state index contributed by atoms with van der Waals surface area (Å²) < 4.78 is 6.28. The molecule has 0 unspecified atom stereocenters. The second-order valence-electron chi connectivity index (χ2n) is 7.67. The Morgan fingerprint density at radius 1 is 1.00 bits per heavy atom. The first-order valence-corrected chi connectivity index (χ1v) is 9.58. The van der Waals surface area contributed by atoms with Crippen molar-refractivity contribution in [2.75, 3.05) is 18.0 Å². The summed E-state index contributed by atoms with van der Waals surface area (Å²) in [4.78, 5) is 16.4. The minimum absolute atomic E-state index is 0.414. The third-order valence-electron chi connectivity index (χ3n) is 5.69. The van der Waals surface area contributed by atoms with E-state index in [1.165, 1.54) is 42.5 Å². The number of nitrogens with zero attached hydrogens (tertiary/aromatic N) is 4. The molecule has 1 saturated heterocycles. The molecule has 3 aromatic heterocycles. The summed E-state index contributed by atoms with van der Waals surface area (Å²) in [5.41, 5.74) is 6.57. The van der Waals surface area contributed by atoms with E-state index in [1.807, 2.05) is 0 Å². The van der Waals surface area contributed by atoms with E-state index >= 15 is 0 Å². The van der Waals surface area contributed by atoms with Crippen molar-refractivity contribution in [3.8, 4) is 0 Å². The zero-order chi connectivity index (χ0) is 17.0. The van der Waals surface area contributed by atoms with Crippen LogP contribution in [0.1, 0.15) is 62.3 Å². The number of rotatable bonds is 2. The van der Waals surface area contributed by atoms with Crippen LogP contribution in [-0.4, -0.2) is 28.0 Å². The zero-order valence-electron chi connectivity index (χ0n) is 15.0. The maximum Gasteiger partial charge on any atom is 0.229 e. The van der Waals surface area contributed by atoms with Crippen LogP contribution in [0, 0.1) is 0 Å². The van der Waals surface area contributed by atoms with Gasteiger partial charge in [0, 0.05) is 13.1 Å². The second kappa shape index (κ2) is 5.68. The van der Waals surface area contributed by atoms with Crippen LogP contribution >= 0.6 is 0 Å². The molecule has 0 spiro atoms. The molecule has 4 heterocycles. The summed E-state index contributed by atoms with van der Waals surface area (Å²) in [6, 6.07) is 0. The predicted molar refractivity (Wildman–Crippen MR) is 99.3 cm³/mol. The van der Waals surface area contributed by atoms with Gasteiger partial charge in [-0.05, 0) is 55.6 Å². The average molecular weight is 336 g/mol. The van der Waals surface area contributed by atoms with Crippen LogP contribution in [0.25, 0.3) is 22.2 Å². The summed E-state index contributed by atoms with van der Waals surface area (Å²) in [5.74, 6) is 1.36. The molecule has 0 atom stereocenters. The van der Waals surface area contributed by atoms with Crippen molar-refractivity contribution in [2.45, 2.75) is 58.3 Å². The lowest BCUT2D eigenvalue weighted by atomic mass is 9.99. The monoisotopic (exact) mass is 336 g/mol. The first-order valence-electron chi connectivity index (χ1n) is 9.58. The molecule has 25 heavy (non-hydrogen) atoms. The van der Waals surface area contributed by atoms with Crippen molar-refractivity contribution in [2.24, 2.45) is 0 Å². The quantitative estimate of drug-likeness (QED) is 0.695. The molecule has 0 aromatic carbocycles.